The third-order valence-electron chi connectivity index (χ3n) is 9.47. The van der Waals surface area contributed by atoms with E-state index in [-0.39, 0.29) is 11.8 Å². The third-order valence-corrected chi connectivity index (χ3v) is 9.47. The molecule has 0 bridgehead atoms. The zero-order valence-corrected chi connectivity index (χ0v) is 31.2. The Hall–Kier alpha value is -6.16. The van der Waals surface area contributed by atoms with Crippen molar-refractivity contribution < 1.29 is 28.5 Å². The van der Waals surface area contributed by atoms with Crippen LogP contribution in [-0.2, 0) is 0 Å². The summed E-state index contributed by atoms with van der Waals surface area (Å²) in [5, 5.41) is 7.82. The summed E-state index contributed by atoms with van der Waals surface area (Å²) in [6, 6.07) is 30.1. The molecule has 278 valence electrons. The lowest BCUT2D eigenvalue weighted by Gasteiger charge is -2.13. The smallest absolute Gasteiger partial charge is 0.252 e. The van der Waals surface area contributed by atoms with Crippen LogP contribution in [0.4, 0.5) is 0 Å². The maximum Gasteiger partial charge on any atom is 0.252 e. The number of hydrogen-bond donors (Lipinski definition) is 2. The molecule has 6 rings (SSSR count). The monoisotopic (exact) mass is 726 g/mol. The van der Waals surface area contributed by atoms with Crippen molar-refractivity contribution >= 4 is 33.6 Å². The lowest BCUT2D eigenvalue weighted by atomic mass is 10.0. The average Bonchev–Trinajstić information content (AvgIpc) is 3.22. The van der Waals surface area contributed by atoms with E-state index in [2.05, 4.69) is 10.6 Å². The van der Waals surface area contributed by atoms with Gasteiger partial charge in [-0.3, -0.25) is 9.59 Å². The number of carbonyl (C=O) groups excluding carboxylic acids is 2. The van der Waals surface area contributed by atoms with E-state index in [1.54, 1.807) is 28.4 Å². The van der Waals surface area contributed by atoms with E-state index in [1.807, 2.05) is 97.1 Å². The summed E-state index contributed by atoms with van der Waals surface area (Å²) >= 11 is 0. The van der Waals surface area contributed by atoms with Gasteiger partial charge < -0.3 is 29.6 Å². The Morgan fingerprint density at radius 2 is 0.907 bits per heavy atom. The second kappa shape index (κ2) is 18.1. The summed E-state index contributed by atoms with van der Waals surface area (Å²) < 4.78 is 21.9. The van der Waals surface area contributed by atoms with Gasteiger partial charge in [-0.05, 0) is 61.4 Å². The van der Waals surface area contributed by atoms with Crippen LogP contribution in [0.25, 0.3) is 44.3 Å². The molecule has 0 atom stereocenters. The maximum absolute atomic E-state index is 13.4. The van der Waals surface area contributed by atoms with Gasteiger partial charge in [0.25, 0.3) is 11.8 Å². The zero-order valence-electron chi connectivity index (χ0n) is 31.2. The van der Waals surface area contributed by atoms with Crippen molar-refractivity contribution in [2.45, 2.75) is 38.5 Å². The van der Waals surface area contributed by atoms with Crippen LogP contribution in [0.15, 0.2) is 97.1 Å². The number of fused-ring (bicyclic) bond motifs is 2. The number of para-hydroxylation sites is 2. The highest BCUT2D eigenvalue weighted by atomic mass is 16.5. The molecule has 0 saturated carbocycles. The van der Waals surface area contributed by atoms with Crippen molar-refractivity contribution in [1.29, 1.82) is 0 Å². The van der Waals surface area contributed by atoms with Crippen molar-refractivity contribution in [3.8, 4) is 45.5 Å². The van der Waals surface area contributed by atoms with E-state index < -0.39 is 0 Å². The molecule has 2 amide bonds. The van der Waals surface area contributed by atoms with Gasteiger partial charge in [-0.2, -0.15) is 0 Å². The lowest BCUT2D eigenvalue weighted by molar-refractivity contribution is 0.0946. The van der Waals surface area contributed by atoms with Crippen LogP contribution in [0, 0.1) is 0 Å². The average molecular weight is 727 g/mol. The number of nitrogens with zero attached hydrogens (tertiary/aromatic N) is 2. The number of aromatic nitrogens is 2. The summed E-state index contributed by atoms with van der Waals surface area (Å²) in [6.45, 7) is 1.16. The number of nitrogens with one attached hydrogen (secondary N) is 2. The van der Waals surface area contributed by atoms with Crippen LogP contribution in [0.5, 0.6) is 23.0 Å². The molecule has 2 heterocycles. The van der Waals surface area contributed by atoms with Gasteiger partial charge in [0.15, 0.2) is 0 Å². The molecular weight excluding hydrogens is 681 g/mol. The molecule has 0 unspecified atom stereocenters. The summed E-state index contributed by atoms with van der Waals surface area (Å²) in [5.74, 6) is 2.34. The number of unbranched alkanes of at least 4 members (excludes halogenated alkanes) is 5. The molecule has 0 radical (unpaired) electrons. The number of amides is 2. The first-order chi connectivity index (χ1) is 26.4. The fraction of sp³-hybridized carbons (Fsp3) is 0.273. The first kappa shape index (κ1) is 37.6. The van der Waals surface area contributed by atoms with Gasteiger partial charge in [0.1, 0.15) is 23.0 Å². The SMILES string of the molecule is COc1ccc(-c2cc(C(=O)NCCCCCCCCNC(=O)c3cc(-c4ccc(OC)cc4OC)nc4ccccc34)c3ccccc3n2)c(OC)c1. The van der Waals surface area contributed by atoms with Gasteiger partial charge in [0.2, 0.25) is 0 Å². The Balaban J connectivity index is 0.971. The third kappa shape index (κ3) is 8.71. The molecule has 10 heteroatoms. The first-order valence-electron chi connectivity index (χ1n) is 18.2. The van der Waals surface area contributed by atoms with Crippen LogP contribution in [0.2, 0.25) is 0 Å². The zero-order chi connectivity index (χ0) is 37.9. The van der Waals surface area contributed by atoms with Crippen molar-refractivity contribution in [1.82, 2.24) is 20.6 Å². The minimum Gasteiger partial charge on any atom is -0.497 e. The topological polar surface area (TPSA) is 121 Å². The standard InChI is InChI=1S/C44H46N4O6/c1-51-29-19-21-33(41(25-29)53-3)39-27-35(31-15-9-11-17-37(31)47-39)43(49)45-23-13-7-5-6-8-14-24-46-44(50)36-28-40(48-38-18-12-10-16-32(36)38)34-22-20-30(52-2)26-42(34)54-4/h9-12,15-22,25-28H,5-8,13-14,23-24H2,1-4H3,(H,45,49)(H,46,50). The summed E-state index contributed by atoms with van der Waals surface area (Å²) in [6.07, 6.45) is 5.84. The molecule has 0 aliphatic heterocycles. The van der Waals surface area contributed by atoms with E-state index in [1.165, 1.54) is 0 Å². The molecule has 54 heavy (non-hydrogen) atoms. The van der Waals surface area contributed by atoms with Crippen LogP contribution in [0.3, 0.4) is 0 Å². The molecule has 2 aromatic heterocycles. The second-order valence-corrected chi connectivity index (χ2v) is 12.9. The molecule has 0 fully saturated rings. The number of ether oxygens (including phenoxy) is 4. The molecule has 0 spiro atoms. The molecule has 2 N–H and O–H groups in total. The maximum atomic E-state index is 13.4. The fourth-order valence-corrected chi connectivity index (χ4v) is 6.57. The van der Waals surface area contributed by atoms with E-state index in [0.29, 0.717) is 58.6 Å². The fourth-order valence-electron chi connectivity index (χ4n) is 6.57. The van der Waals surface area contributed by atoms with E-state index in [9.17, 15) is 9.59 Å². The van der Waals surface area contributed by atoms with Gasteiger partial charge in [-0.1, -0.05) is 62.1 Å². The van der Waals surface area contributed by atoms with Crippen LogP contribution < -0.4 is 29.6 Å². The van der Waals surface area contributed by atoms with Crippen molar-refractivity contribution in [2.75, 3.05) is 41.5 Å². The molecule has 10 nitrogen and oxygen atoms in total. The van der Waals surface area contributed by atoms with Crippen LogP contribution >= 0.6 is 0 Å². The highest BCUT2D eigenvalue weighted by molar-refractivity contribution is 6.08. The molecule has 0 saturated heterocycles. The normalized spacial score (nSPS) is 11.0. The van der Waals surface area contributed by atoms with E-state index >= 15 is 0 Å². The summed E-state index contributed by atoms with van der Waals surface area (Å²) in [5.41, 5.74) is 5.50. The second-order valence-electron chi connectivity index (χ2n) is 12.9. The minimum absolute atomic E-state index is 0.129. The largest absolute Gasteiger partial charge is 0.497 e. The highest BCUT2D eigenvalue weighted by Gasteiger charge is 2.18. The lowest BCUT2D eigenvalue weighted by Crippen LogP contribution is -2.25. The van der Waals surface area contributed by atoms with Crippen molar-refractivity contribution in [3.05, 3.63) is 108 Å². The predicted octanol–water partition coefficient (Wildman–Crippen LogP) is 8.65. The Morgan fingerprint density at radius 1 is 0.500 bits per heavy atom. The Bertz CT molecular complexity index is 2100. The Kier molecular flexibility index (Phi) is 12.6. The van der Waals surface area contributed by atoms with E-state index in [4.69, 9.17) is 28.9 Å². The number of hydrogen-bond acceptors (Lipinski definition) is 8. The van der Waals surface area contributed by atoms with Gasteiger partial charge in [0, 0.05) is 47.1 Å². The molecule has 4 aromatic carbocycles. The molecular formula is C44H46N4O6. The number of pyridine rings is 2. The van der Waals surface area contributed by atoms with Gasteiger partial charge in [-0.15, -0.1) is 0 Å². The van der Waals surface area contributed by atoms with E-state index in [0.717, 1.165) is 71.5 Å². The minimum atomic E-state index is -0.129. The van der Waals surface area contributed by atoms with Crippen molar-refractivity contribution in [2.24, 2.45) is 0 Å². The summed E-state index contributed by atoms with van der Waals surface area (Å²) in [7, 11) is 6.43. The van der Waals surface area contributed by atoms with Gasteiger partial charge in [0.05, 0.1) is 62.0 Å². The first-order valence-corrected chi connectivity index (χ1v) is 18.2. The number of carbonyl (C=O) groups is 2. The summed E-state index contributed by atoms with van der Waals surface area (Å²) in [4.78, 5) is 36.5. The predicted molar refractivity (Wildman–Crippen MR) is 213 cm³/mol. The van der Waals surface area contributed by atoms with Crippen molar-refractivity contribution in [3.63, 3.8) is 0 Å². The van der Waals surface area contributed by atoms with Gasteiger partial charge in [-0.25, -0.2) is 9.97 Å². The highest BCUT2D eigenvalue weighted by Crippen LogP contribution is 2.36. The molecule has 0 aliphatic rings. The molecule has 0 aliphatic carbocycles. The van der Waals surface area contributed by atoms with Gasteiger partial charge >= 0.3 is 0 Å². The Morgan fingerprint density at radius 3 is 1.31 bits per heavy atom. The number of rotatable bonds is 17. The number of methoxy groups -OCH3 is 4. The van der Waals surface area contributed by atoms with Crippen LogP contribution in [0.1, 0.15) is 59.2 Å². The Labute approximate surface area is 315 Å². The van der Waals surface area contributed by atoms with Crippen LogP contribution in [-0.4, -0.2) is 63.3 Å². The number of benzene rings is 4. The quantitative estimate of drug-likeness (QED) is 0.0897. The molecule has 6 aromatic rings.